The Kier molecular flexibility index (Phi) is 6.34. The summed E-state index contributed by atoms with van der Waals surface area (Å²) in [5, 5.41) is 3.93. The number of alkyl halides is 1. The number of amides is 1. The fourth-order valence-corrected chi connectivity index (χ4v) is 4.47. The molecule has 28 heavy (non-hydrogen) atoms. The highest BCUT2D eigenvalue weighted by atomic mass is 35.5. The van der Waals surface area contributed by atoms with Crippen molar-refractivity contribution in [2.24, 2.45) is 5.41 Å². The Morgan fingerprint density at radius 2 is 1.82 bits per heavy atom. The maximum atomic E-state index is 15.2. The molecule has 2 fully saturated rings. The smallest absolute Gasteiger partial charge is 0.230 e. The van der Waals surface area contributed by atoms with E-state index in [1.54, 1.807) is 12.1 Å². The predicted molar refractivity (Wildman–Crippen MR) is 114 cm³/mol. The van der Waals surface area contributed by atoms with Crippen LogP contribution in [0.15, 0.2) is 18.2 Å². The van der Waals surface area contributed by atoms with Crippen LogP contribution in [0.4, 0.5) is 4.39 Å². The van der Waals surface area contributed by atoms with Crippen molar-refractivity contribution in [1.82, 2.24) is 10.2 Å². The molecule has 1 saturated carbocycles. The van der Waals surface area contributed by atoms with Crippen molar-refractivity contribution in [3.63, 3.8) is 0 Å². The summed E-state index contributed by atoms with van der Waals surface area (Å²) in [6, 6.07) is 5.23. The van der Waals surface area contributed by atoms with E-state index in [4.69, 9.17) is 23.2 Å². The van der Waals surface area contributed by atoms with Crippen LogP contribution in [0.3, 0.4) is 0 Å². The molecule has 3 rings (SSSR count). The van der Waals surface area contributed by atoms with Crippen molar-refractivity contribution >= 4 is 29.1 Å². The third-order valence-corrected chi connectivity index (χ3v) is 6.68. The van der Waals surface area contributed by atoms with E-state index >= 15 is 4.39 Å². The highest BCUT2D eigenvalue weighted by Crippen LogP contribution is 2.51. The van der Waals surface area contributed by atoms with Gasteiger partial charge in [-0.05, 0) is 61.8 Å². The van der Waals surface area contributed by atoms with Crippen LogP contribution in [0.25, 0.3) is 0 Å². The van der Waals surface area contributed by atoms with E-state index in [1.807, 2.05) is 6.07 Å². The predicted octanol–water partition coefficient (Wildman–Crippen LogP) is 5.38. The number of carbonyl (C=O) groups excluding carboxylic acids is 1. The Bertz CT molecular complexity index is 720. The van der Waals surface area contributed by atoms with Crippen molar-refractivity contribution in [1.29, 1.82) is 0 Å². The molecule has 1 aliphatic carbocycles. The molecule has 1 heterocycles. The molecule has 0 spiro atoms. The minimum absolute atomic E-state index is 0.0753. The van der Waals surface area contributed by atoms with E-state index in [9.17, 15) is 4.79 Å². The Labute approximate surface area is 178 Å². The van der Waals surface area contributed by atoms with E-state index in [0.717, 1.165) is 44.5 Å². The molecule has 1 amide bonds. The minimum atomic E-state index is -1.33. The van der Waals surface area contributed by atoms with E-state index in [2.05, 4.69) is 31.0 Å². The van der Waals surface area contributed by atoms with Gasteiger partial charge in [-0.15, -0.1) is 0 Å². The molecular weight excluding hydrogens is 398 g/mol. The lowest BCUT2D eigenvalue weighted by molar-refractivity contribution is -0.124. The van der Waals surface area contributed by atoms with Crippen LogP contribution >= 0.6 is 23.2 Å². The molecule has 6 heteroatoms. The van der Waals surface area contributed by atoms with Gasteiger partial charge in [0.25, 0.3) is 0 Å². The van der Waals surface area contributed by atoms with Gasteiger partial charge in [-0.1, -0.05) is 50.0 Å². The van der Waals surface area contributed by atoms with Crippen LogP contribution in [-0.2, 0) is 10.2 Å². The summed E-state index contributed by atoms with van der Waals surface area (Å²) >= 11 is 12.3. The lowest BCUT2D eigenvalue weighted by atomic mass is 9.89. The number of piperidine rings is 1. The molecule has 1 saturated heterocycles. The van der Waals surface area contributed by atoms with Gasteiger partial charge >= 0.3 is 0 Å². The number of rotatable bonds is 6. The fraction of sp³-hybridized carbons (Fsp3) is 0.682. The fourth-order valence-electron chi connectivity index (χ4n) is 3.88. The first-order valence-electron chi connectivity index (χ1n) is 10.2. The van der Waals surface area contributed by atoms with Gasteiger partial charge in [0.05, 0.1) is 12.0 Å². The standard InChI is InChI=1S/C22H31Cl2FN2O/c1-20(2,3)8-11-27-12-9-21(25,10-13-27)15-26-19(28)22(6-7-22)17-5-4-16(23)14-18(17)24/h4-5,14H,6-13,15H2,1-3H3,(H,26,28). The molecule has 3 nitrogen and oxygen atoms in total. The van der Waals surface area contributed by atoms with Gasteiger partial charge < -0.3 is 10.2 Å². The van der Waals surface area contributed by atoms with Crippen LogP contribution in [0.1, 0.15) is 58.4 Å². The monoisotopic (exact) mass is 428 g/mol. The Hall–Kier alpha value is -0.840. The first-order chi connectivity index (χ1) is 13.0. The Morgan fingerprint density at radius 1 is 1.18 bits per heavy atom. The highest BCUT2D eigenvalue weighted by Gasteiger charge is 2.52. The number of nitrogens with one attached hydrogen (secondary N) is 1. The number of hydrogen-bond donors (Lipinski definition) is 1. The average molecular weight is 429 g/mol. The van der Waals surface area contributed by atoms with Gasteiger partial charge in [0.15, 0.2) is 0 Å². The molecule has 156 valence electrons. The molecule has 2 aliphatic rings. The van der Waals surface area contributed by atoms with E-state index < -0.39 is 11.1 Å². The maximum absolute atomic E-state index is 15.2. The third-order valence-electron chi connectivity index (χ3n) is 6.13. The van der Waals surface area contributed by atoms with Gasteiger partial charge in [-0.25, -0.2) is 4.39 Å². The Morgan fingerprint density at radius 3 is 2.36 bits per heavy atom. The van der Waals surface area contributed by atoms with Crippen LogP contribution < -0.4 is 5.32 Å². The van der Waals surface area contributed by atoms with Crippen molar-refractivity contribution < 1.29 is 9.18 Å². The molecule has 1 aromatic rings. The molecular formula is C22H31Cl2FN2O. The number of likely N-dealkylation sites (tertiary alicyclic amines) is 1. The zero-order valence-corrected chi connectivity index (χ0v) is 18.6. The zero-order valence-electron chi connectivity index (χ0n) is 17.1. The number of benzene rings is 1. The molecule has 1 aromatic carbocycles. The summed E-state index contributed by atoms with van der Waals surface area (Å²) in [5.41, 5.74) is -0.861. The molecule has 0 radical (unpaired) electrons. The molecule has 0 unspecified atom stereocenters. The van der Waals surface area contributed by atoms with Gasteiger partial charge in [-0.3, -0.25) is 4.79 Å². The summed E-state index contributed by atoms with van der Waals surface area (Å²) in [7, 11) is 0. The van der Waals surface area contributed by atoms with Crippen LogP contribution in [-0.4, -0.2) is 42.7 Å². The van der Waals surface area contributed by atoms with Crippen LogP contribution in [0.5, 0.6) is 0 Å². The first kappa shape index (κ1) is 21.9. The SMILES string of the molecule is CC(C)(C)CCN1CCC(F)(CNC(=O)C2(c3ccc(Cl)cc3Cl)CC2)CC1. The third kappa shape index (κ3) is 5.20. The van der Waals surface area contributed by atoms with Crippen molar-refractivity contribution in [3.8, 4) is 0 Å². The van der Waals surface area contributed by atoms with Gasteiger partial charge in [-0.2, -0.15) is 0 Å². The molecule has 1 N–H and O–H groups in total. The highest BCUT2D eigenvalue weighted by molar-refractivity contribution is 6.35. The summed E-state index contributed by atoms with van der Waals surface area (Å²) in [6.45, 7) is 9.26. The lowest BCUT2D eigenvalue weighted by Gasteiger charge is -2.37. The minimum Gasteiger partial charge on any atom is -0.352 e. The van der Waals surface area contributed by atoms with Crippen LogP contribution in [0.2, 0.25) is 10.0 Å². The number of nitrogens with zero attached hydrogens (tertiary/aromatic N) is 1. The Balaban J connectivity index is 1.52. The van der Waals surface area contributed by atoms with E-state index in [-0.39, 0.29) is 12.5 Å². The maximum Gasteiger partial charge on any atom is 0.230 e. The second-order valence-electron chi connectivity index (χ2n) is 9.69. The van der Waals surface area contributed by atoms with Crippen LogP contribution in [0, 0.1) is 5.41 Å². The van der Waals surface area contributed by atoms with Crippen molar-refractivity contribution in [3.05, 3.63) is 33.8 Å². The molecule has 0 bridgehead atoms. The summed E-state index contributed by atoms with van der Waals surface area (Å²) < 4.78 is 15.2. The van der Waals surface area contributed by atoms with Gasteiger partial charge in [0, 0.05) is 23.1 Å². The number of hydrogen-bond acceptors (Lipinski definition) is 2. The summed E-state index contributed by atoms with van der Waals surface area (Å²) in [6.07, 6.45) is 3.51. The summed E-state index contributed by atoms with van der Waals surface area (Å²) in [5.74, 6) is -0.121. The van der Waals surface area contributed by atoms with Crippen molar-refractivity contribution in [2.45, 2.75) is 64.0 Å². The second-order valence-corrected chi connectivity index (χ2v) is 10.5. The lowest BCUT2D eigenvalue weighted by Crippen LogP contribution is -2.50. The largest absolute Gasteiger partial charge is 0.352 e. The topological polar surface area (TPSA) is 32.3 Å². The number of halogens is 3. The van der Waals surface area contributed by atoms with E-state index in [1.165, 1.54) is 0 Å². The molecule has 0 aromatic heterocycles. The van der Waals surface area contributed by atoms with E-state index in [0.29, 0.717) is 28.3 Å². The normalized spacial score (nSPS) is 21.4. The van der Waals surface area contributed by atoms with Gasteiger partial charge in [0.1, 0.15) is 5.67 Å². The zero-order chi connectivity index (χ0) is 20.6. The first-order valence-corrected chi connectivity index (χ1v) is 10.9. The van der Waals surface area contributed by atoms with Gasteiger partial charge in [0.2, 0.25) is 5.91 Å². The van der Waals surface area contributed by atoms with Crippen molar-refractivity contribution in [2.75, 3.05) is 26.2 Å². The molecule has 1 aliphatic heterocycles. The molecule has 0 atom stereocenters. The number of carbonyl (C=O) groups is 1. The average Bonchev–Trinajstić information content (AvgIpc) is 3.40. The quantitative estimate of drug-likeness (QED) is 0.659. The second kappa shape index (κ2) is 8.12. The summed E-state index contributed by atoms with van der Waals surface area (Å²) in [4.78, 5) is 15.2.